The van der Waals surface area contributed by atoms with Gasteiger partial charge >= 0.3 is 12.0 Å². The van der Waals surface area contributed by atoms with Crippen LogP contribution in [0.5, 0.6) is 0 Å². The monoisotopic (exact) mass is 252 g/mol. The number of hydrogen-bond donors (Lipinski definition) is 3. The zero-order valence-corrected chi connectivity index (χ0v) is 10.8. The molecule has 0 fully saturated rings. The van der Waals surface area contributed by atoms with Crippen molar-refractivity contribution in [3.63, 3.8) is 0 Å². The van der Waals surface area contributed by atoms with Gasteiger partial charge in [-0.2, -0.15) is 0 Å². The van der Waals surface area contributed by atoms with Crippen LogP contribution in [0.25, 0.3) is 0 Å². The summed E-state index contributed by atoms with van der Waals surface area (Å²) < 4.78 is 0. The zero-order chi connectivity index (χ0) is 13.8. The van der Waals surface area contributed by atoms with E-state index in [4.69, 9.17) is 5.11 Å². The Bertz CT molecular complexity index is 353. The molecule has 18 heavy (non-hydrogen) atoms. The van der Waals surface area contributed by atoms with E-state index in [2.05, 4.69) is 29.7 Å². The fourth-order valence-electron chi connectivity index (χ4n) is 0.991. The van der Waals surface area contributed by atoms with Crippen LogP contribution >= 0.6 is 0 Å². The van der Waals surface area contributed by atoms with Crippen molar-refractivity contribution in [1.29, 1.82) is 0 Å². The maximum atomic E-state index is 10.6. The van der Waals surface area contributed by atoms with Crippen molar-refractivity contribution in [1.82, 2.24) is 10.6 Å². The van der Waals surface area contributed by atoms with Gasteiger partial charge in [-0.25, -0.2) is 4.79 Å². The first-order chi connectivity index (χ1) is 8.56. The van der Waals surface area contributed by atoms with E-state index in [-0.39, 0.29) is 6.54 Å². The number of amides is 2. The lowest BCUT2D eigenvalue weighted by Crippen LogP contribution is -2.38. The third kappa shape index (κ3) is 10.5. The summed E-state index contributed by atoms with van der Waals surface area (Å²) in [5.41, 5.74) is 1.32. The van der Waals surface area contributed by atoms with Crippen molar-refractivity contribution >= 4 is 12.0 Å². The number of hydrogen-bond acceptors (Lipinski definition) is 2. The maximum absolute atomic E-state index is 10.6. The average Bonchev–Trinajstić information content (AvgIpc) is 2.35. The predicted molar refractivity (Wildman–Crippen MR) is 70.5 cm³/mol. The highest BCUT2D eigenvalue weighted by molar-refractivity contribution is 5.79. The Kier molecular flexibility index (Phi) is 8.99. The molecule has 0 aliphatic carbocycles. The van der Waals surface area contributed by atoms with Gasteiger partial charge in [-0.3, -0.25) is 4.79 Å². The molecule has 0 aliphatic rings. The molecule has 0 saturated heterocycles. The zero-order valence-electron chi connectivity index (χ0n) is 10.8. The number of aliphatic carboxylic acids is 1. The van der Waals surface area contributed by atoms with Crippen LogP contribution in [-0.4, -0.2) is 30.2 Å². The highest BCUT2D eigenvalue weighted by Crippen LogP contribution is 1.92. The van der Waals surface area contributed by atoms with Crippen molar-refractivity contribution in [2.75, 3.05) is 13.1 Å². The fraction of sp³-hybridized carbons (Fsp3) is 0.385. The molecule has 5 nitrogen and oxygen atoms in total. The molecule has 1 rings (SSSR count). The Morgan fingerprint density at radius 2 is 1.78 bits per heavy atom. The normalized spacial score (nSPS) is 8.78. The van der Waals surface area contributed by atoms with Crippen molar-refractivity contribution in [3.05, 3.63) is 35.9 Å². The molecule has 0 radical (unpaired) electrons. The second-order valence-electron chi connectivity index (χ2n) is 3.66. The van der Waals surface area contributed by atoms with Crippen LogP contribution in [0.1, 0.15) is 18.9 Å². The standard InChI is InChI=1S/C7H8.C6H12N2O3/c1-7-5-3-2-4-6-7;1-2-3-7-6(11)8-4-5(9)10/h2-6H,1H3;2-4H2,1H3,(H,9,10)(H2,7,8,11). The largest absolute Gasteiger partial charge is 0.480 e. The van der Waals surface area contributed by atoms with Gasteiger partial charge in [0.1, 0.15) is 6.54 Å². The molecule has 100 valence electrons. The SMILES string of the molecule is CCCNC(=O)NCC(=O)O.Cc1ccccc1. The van der Waals surface area contributed by atoms with E-state index in [1.54, 1.807) is 0 Å². The molecule has 0 atom stereocenters. The molecule has 0 bridgehead atoms. The van der Waals surface area contributed by atoms with E-state index >= 15 is 0 Å². The number of aryl methyl sites for hydroxylation is 1. The van der Waals surface area contributed by atoms with Crippen LogP contribution in [0, 0.1) is 6.92 Å². The van der Waals surface area contributed by atoms with E-state index in [1.807, 2.05) is 25.1 Å². The average molecular weight is 252 g/mol. The molecule has 1 aromatic carbocycles. The number of benzene rings is 1. The minimum absolute atomic E-state index is 0.338. The van der Waals surface area contributed by atoms with Gasteiger partial charge in [0, 0.05) is 6.54 Å². The summed E-state index contributed by atoms with van der Waals surface area (Å²) >= 11 is 0. The molecular formula is C13H20N2O3. The molecule has 0 aliphatic heterocycles. The molecule has 0 saturated carbocycles. The van der Waals surface area contributed by atoms with Crippen LogP contribution in [-0.2, 0) is 4.79 Å². The van der Waals surface area contributed by atoms with Crippen molar-refractivity contribution < 1.29 is 14.7 Å². The first-order valence-corrected chi connectivity index (χ1v) is 5.81. The van der Waals surface area contributed by atoms with Crippen LogP contribution in [0.15, 0.2) is 30.3 Å². The van der Waals surface area contributed by atoms with E-state index in [1.165, 1.54) is 5.56 Å². The minimum Gasteiger partial charge on any atom is -0.480 e. The quantitative estimate of drug-likeness (QED) is 0.764. The lowest BCUT2D eigenvalue weighted by Gasteiger charge is -2.02. The topological polar surface area (TPSA) is 78.4 Å². The van der Waals surface area contributed by atoms with Gasteiger partial charge in [-0.05, 0) is 13.3 Å². The molecule has 0 aromatic heterocycles. The summed E-state index contributed by atoms with van der Waals surface area (Å²) in [5.74, 6) is -1.04. The van der Waals surface area contributed by atoms with E-state index in [0.717, 1.165) is 6.42 Å². The summed E-state index contributed by atoms with van der Waals surface area (Å²) in [5, 5.41) is 12.8. The number of urea groups is 1. The Labute approximate surface area is 107 Å². The summed E-state index contributed by atoms with van der Waals surface area (Å²) in [4.78, 5) is 20.6. The fourth-order valence-corrected chi connectivity index (χ4v) is 0.991. The summed E-state index contributed by atoms with van der Waals surface area (Å²) in [6.45, 7) is 4.22. The van der Waals surface area contributed by atoms with Gasteiger partial charge in [0.2, 0.25) is 0 Å². The molecule has 0 spiro atoms. The number of carboxylic acid groups (broad SMARTS) is 1. The number of carbonyl (C=O) groups excluding carboxylic acids is 1. The lowest BCUT2D eigenvalue weighted by molar-refractivity contribution is -0.135. The second-order valence-corrected chi connectivity index (χ2v) is 3.66. The van der Waals surface area contributed by atoms with Crippen molar-refractivity contribution in [2.24, 2.45) is 0 Å². The molecular weight excluding hydrogens is 232 g/mol. The Hall–Kier alpha value is -2.04. The second kappa shape index (κ2) is 10.1. The highest BCUT2D eigenvalue weighted by atomic mass is 16.4. The number of carboxylic acids is 1. The number of carbonyl (C=O) groups is 2. The molecule has 1 aromatic rings. The summed E-state index contributed by atoms with van der Waals surface area (Å²) in [6.07, 6.45) is 0.834. The molecule has 2 amide bonds. The van der Waals surface area contributed by atoms with Crippen LogP contribution in [0.3, 0.4) is 0 Å². The van der Waals surface area contributed by atoms with Crippen molar-refractivity contribution in [3.8, 4) is 0 Å². The third-order valence-electron chi connectivity index (χ3n) is 1.88. The van der Waals surface area contributed by atoms with Gasteiger partial charge in [0.25, 0.3) is 0 Å². The first-order valence-electron chi connectivity index (χ1n) is 5.81. The summed E-state index contributed by atoms with van der Waals surface area (Å²) in [6, 6.07) is 9.83. The predicted octanol–water partition coefficient (Wildman–Crippen LogP) is 1.78. The molecule has 5 heteroatoms. The van der Waals surface area contributed by atoms with Gasteiger partial charge in [-0.1, -0.05) is 42.8 Å². The number of rotatable bonds is 4. The van der Waals surface area contributed by atoms with Gasteiger partial charge in [0.05, 0.1) is 0 Å². The Morgan fingerprint density at radius 3 is 2.17 bits per heavy atom. The first kappa shape index (κ1) is 16.0. The van der Waals surface area contributed by atoms with Crippen molar-refractivity contribution in [2.45, 2.75) is 20.3 Å². The van der Waals surface area contributed by atoms with E-state index < -0.39 is 12.0 Å². The number of nitrogens with one attached hydrogen (secondary N) is 2. The lowest BCUT2D eigenvalue weighted by atomic mass is 10.2. The molecule has 0 heterocycles. The highest BCUT2D eigenvalue weighted by Gasteiger charge is 2.00. The molecule has 0 unspecified atom stereocenters. The smallest absolute Gasteiger partial charge is 0.323 e. The van der Waals surface area contributed by atoms with E-state index in [9.17, 15) is 9.59 Å². The summed E-state index contributed by atoms with van der Waals surface area (Å²) in [7, 11) is 0. The maximum Gasteiger partial charge on any atom is 0.323 e. The minimum atomic E-state index is -1.04. The van der Waals surface area contributed by atoms with Crippen LogP contribution in [0.4, 0.5) is 4.79 Å². The Morgan fingerprint density at radius 1 is 1.17 bits per heavy atom. The van der Waals surface area contributed by atoms with Gasteiger partial charge in [-0.15, -0.1) is 0 Å². The third-order valence-corrected chi connectivity index (χ3v) is 1.88. The van der Waals surface area contributed by atoms with Gasteiger partial charge in [0.15, 0.2) is 0 Å². The van der Waals surface area contributed by atoms with Gasteiger partial charge < -0.3 is 15.7 Å². The Balaban J connectivity index is 0.000000351. The van der Waals surface area contributed by atoms with E-state index in [0.29, 0.717) is 6.54 Å². The molecule has 3 N–H and O–H groups in total. The van der Waals surface area contributed by atoms with Crippen LogP contribution in [0.2, 0.25) is 0 Å². The van der Waals surface area contributed by atoms with Crippen LogP contribution < -0.4 is 10.6 Å².